The number of nitrogens with zero attached hydrogens (tertiary/aromatic N) is 4. The highest BCUT2D eigenvalue weighted by molar-refractivity contribution is 7.89. The molecule has 26 heteroatoms. The van der Waals surface area contributed by atoms with Crippen LogP contribution in [0.1, 0.15) is 83.6 Å². The van der Waals surface area contributed by atoms with E-state index >= 15 is 0 Å². The Bertz CT molecular complexity index is 3680. The van der Waals surface area contributed by atoms with Crippen molar-refractivity contribution in [3.8, 4) is 5.88 Å². The molecule has 5 aliphatic heterocycles. The molecule has 4 fully saturated rings. The molecule has 10 rings (SSSR count). The number of amides is 3. The van der Waals surface area contributed by atoms with Crippen molar-refractivity contribution < 1.29 is 75.0 Å². The van der Waals surface area contributed by atoms with Crippen molar-refractivity contribution in [3.05, 3.63) is 126 Å². The first-order chi connectivity index (χ1) is 44.1. The topological polar surface area (TPSA) is 310 Å². The highest BCUT2D eigenvalue weighted by Gasteiger charge is 2.46. The number of aliphatic hydroxyl groups is 2. The van der Waals surface area contributed by atoms with E-state index in [0.717, 1.165) is 24.0 Å². The predicted molar refractivity (Wildman–Crippen MR) is 350 cm³/mol. The molecule has 0 spiro atoms. The lowest BCUT2D eigenvalue weighted by Gasteiger charge is -2.31. The molecule has 5 aliphatic rings. The molecule has 3 amide bonds. The van der Waals surface area contributed by atoms with Gasteiger partial charge in [-0.3, -0.25) is 9.79 Å². The lowest BCUT2D eigenvalue weighted by molar-refractivity contribution is -0.110. The van der Waals surface area contributed by atoms with Crippen LogP contribution >= 0.6 is 0 Å². The molecular formula is C67H90N8O16S2. The van der Waals surface area contributed by atoms with Gasteiger partial charge in [0.2, 0.25) is 20.0 Å². The number of aromatic nitrogens is 1. The van der Waals surface area contributed by atoms with E-state index in [2.05, 4.69) is 46.7 Å². The normalized spacial score (nSPS) is 22.2. The van der Waals surface area contributed by atoms with Crippen molar-refractivity contribution in [1.82, 2.24) is 29.1 Å². The first kappa shape index (κ1) is 70.3. The summed E-state index contributed by atoms with van der Waals surface area (Å²) in [5.41, 5.74) is 3.97. The SMILES string of the molecule is CC(C)CN(C[C@@H](O)[C@H](Cc1ccccc1)NC(=O)O[C@H]1CO[C@H]2OCC[C@H]21)S(=O)(=O)c1ccc2[nH]c(O)c(C=NCC(C)(C)C)c2c1.CC(C)CN(C[C@@H](O)[C@H](Cc1ccccc1)NC(=O)O[C@H]1CO[C@H]2OCC[C@H]21)S(=O)(=O)c1ccc2c(c1)/C(=C/N(C)C)C(=O)N2. The third-order valence-electron chi connectivity index (χ3n) is 16.6. The van der Waals surface area contributed by atoms with E-state index in [4.69, 9.17) is 28.4 Å². The number of sulfonamides is 2. The van der Waals surface area contributed by atoms with Crippen molar-refractivity contribution in [3.63, 3.8) is 0 Å². The Balaban J connectivity index is 0.000000220. The summed E-state index contributed by atoms with van der Waals surface area (Å²) in [4.78, 5) is 47.9. The van der Waals surface area contributed by atoms with E-state index in [1.54, 1.807) is 43.5 Å². The molecule has 4 saturated heterocycles. The van der Waals surface area contributed by atoms with Crippen LogP contribution in [0.25, 0.3) is 16.5 Å². The third kappa shape index (κ3) is 18.1. The van der Waals surface area contributed by atoms with Gasteiger partial charge in [0.1, 0.15) is 12.2 Å². The number of hydrogen-bond donors (Lipinski definition) is 7. The monoisotopic (exact) mass is 1330 g/mol. The van der Waals surface area contributed by atoms with E-state index in [1.807, 2.05) is 88.4 Å². The first-order valence-corrected chi connectivity index (χ1v) is 34.5. The van der Waals surface area contributed by atoms with Gasteiger partial charge in [0.05, 0.1) is 83.5 Å². The van der Waals surface area contributed by atoms with Gasteiger partial charge in [0.25, 0.3) is 5.91 Å². The number of carbonyl (C=O) groups excluding carboxylic acids is 3. The number of ether oxygens (including phenoxy) is 6. The van der Waals surface area contributed by atoms with Crippen molar-refractivity contribution in [2.75, 3.05) is 78.6 Å². The summed E-state index contributed by atoms with van der Waals surface area (Å²) in [5.74, 6) is -0.654. The van der Waals surface area contributed by atoms with Gasteiger partial charge in [0.15, 0.2) is 18.5 Å². The zero-order chi connectivity index (χ0) is 66.9. The number of carbonyl (C=O) groups is 3. The van der Waals surface area contributed by atoms with Crippen LogP contribution in [-0.2, 0) is 66.1 Å². The molecule has 0 bridgehead atoms. The fraction of sp³-hybridized carbons (Fsp3) is 0.522. The number of aliphatic hydroxyl groups excluding tert-OH is 2. The number of nitrogens with one attached hydrogen (secondary N) is 4. The number of H-pyrrole nitrogens is 1. The fourth-order valence-electron chi connectivity index (χ4n) is 12.0. The number of benzene rings is 4. The Hall–Kier alpha value is -6.98. The van der Waals surface area contributed by atoms with Gasteiger partial charge in [-0.15, -0.1) is 0 Å². The maximum Gasteiger partial charge on any atom is 0.407 e. The molecule has 0 unspecified atom stereocenters. The Kier molecular flexibility index (Phi) is 23.2. The second-order valence-electron chi connectivity index (χ2n) is 26.7. The van der Waals surface area contributed by atoms with Crippen molar-refractivity contribution >= 4 is 66.5 Å². The Morgan fingerprint density at radius 1 is 0.699 bits per heavy atom. The average molecular weight is 1330 g/mol. The molecule has 0 radical (unpaired) electrons. The minimum Gasteiger partial charge on any atom is -0.494 e. The van der Waals surface area contributed by atoms with Gasteiger partial charge in [-0.2, -0.15) is 8.61 Å². The number of hydrogen-bond acceptors (Lipinski definition) is 18. The standard InChI is InChI=1S/C35H48N4O8S.C32H42N4O8S/c1-22(2)18-39(48(43,44)24-11-12-28-26(16-24)27(32(41)37-28)17-36-21-35(3,4)5)19-30(40)29(15-23-9-7-6-8-10-23)38-34(42)47-31-20-46-33-25(31)13-14-45-33;1-20(2)16-36(45(40,41)22-10-11-26-24(15-22)25(17-35(3)4)30(38)33-26)18-28(37)27(14-21-8-6-5-7-9-21)34-32(39)44-29-19-43-31-23(29)12-13-42-31/h6-12,16-17,22,25,29-31,33,37,40-41H,13-15,18-21H2,1-5H3,(H,38,42);5-11,15,17,20,23,27-29,31,37H,12-14,16,18-19H2,1-4H3,(H,33,38)(H,34,39)/b;25-17-/t25-,29-,30+,31-,33+;23-,27-,28+,29-,31+/m00/s1. The smallest absolute Gasteiger partial charge is 0.407 e. The molecule has 24 nitrogen and oxygen atoms in total. The van der Waals surface area contributed by atoms with Crippen molar-refractivity contribution in [2.45, 2.75) is 133 Å². The highest BCUT2D eigenvalue weighted by atomic mass is 32.2. The van der Waals surface area contributed by atoms with Crippen LogP contribution in [0.5, 0.6) is 5.88 Å². The van der Waals surface area contributed by atoms with Gasteiger partial charge in [-0.05, 0) is 90.5 Å². The second kappa shape index (κ2) is 30.6. The summed E-state index contributed by atoms with van der Waals surface area (Å²) < 4.78 is 92.8. The van der Waals surface area contributed by atoms with E-state index in [-0.39, 0.29) is 115 Å². The number of anilines is 1. The number of rotatable bonds is 25. The van der Waals surface area contributed by atoms with Gasteiger partial charge in [0, 0.05) is 81.4 Å². The Morgan fingerprint density at radius 2 is 1.18 bits per heavy atom. The molecule has 10 atom stereocenters. The summed E-state index contributed by atoms with van der Waals surface area (Å²) >= 11 is 0. The number of aromatic amines is 1. The zero-order valence-electron chi connectivity index (χ0n) is 54.3. The second-order valence-corrected chi connectivity index (χ2v) is 30.6. The molecule has 93 heavy (non-hydrogen) atoms. The maximum absolute atomic E-state index is 14.2. The van der Waals surface area contributed by atoms with Gasteiger partial charge in [-0.1, -0.05) is 109 Å². The fourth-order valence-corrected chi connectivity index (χ4v) is 15.3. The molecule has 4 aromatic carbocycles. The quantitative estimate of drug-likeness (QED) is 0.0226. The summed E-state index contributed by atoms with van der Waals surface area (Å²) in [6, 6.07) is 26.1. The van der Waals surface area contributed by atoms with Crippen LogP contribution in [0.2, 0.25) is 0 Å². The molecule has 0 saturated carbocycles. The molecule has 6 heterocycles. The maximum atomic E-state index is 14.2. The highest BCUT2D eigenvalue weighted by Crippen LogP contribution is 2.37. The number of alkyl carbamates (subject to hydrolysis) is 2. The number of fused-ring (bicyclic) bond motifs is 4. The van der Waals surface area contributed by atoms with Gasteiger partial charge >= 0.3 is 12.2 Å². The summed E-state index contributed by atoms with van der Waals surface area (Å²) in [6.45, 7) is 15.5. The van der Waals surface area contributed by atoms with Crippen LogP contribution in [-0.4, -0.2) is 197 Å². The average Bonchev–Trinajstić information content (AvgIpc) is 1.77. The van der Waals surface area contributed by atoms with Crippen LogP contribution in [0.15, 0.2) is 118 Å². The predicted octanol–water partition coefficient (Wildman–Crippen LogP) is 7.09. The van der Waals surface area contributed by atoms with E-state index in [9.17, 15) is 46.5 Å². The molecule has 7 N–H and O–H groups in total. The Labute approximate surface area is 545 Å². The minimum absolute atomic E-state index is 0.00296. The number of aromatic hydroxyl groups is 1. The zero-order valence-corrected chi connectivity index (χ0v) is 55.9. The van der Waals surface area contributed by atoms with Crippen LogP contribution in [0.4, 0.5) is 15.3 Å². The van der Waals surface area contributed by atoms with Crippen molar-refractivity contribution in [2.24, 2.45) is 34.1 Å². The van der Waals surface area contributed by atoms with Gasteiger partial charge in [-0.25, -0.2) is 26.4 Å². The van der Waals surface area contributed by atoms with Crippen molar-refractivity contribution in [1.29, 1.82) is 0 Å². The third-order valence-corrected chi connectivity index (χ3v) is 20.2. The lowest BCUT2D eigenvalue weighted by Crippen LogP contribution is -2.51. The summed E-state index contributed by atoms with van der Waals surface area (Å²) in [5, 5.41) is 42.7. The summed E-state index contributed by atoms with van der Waals surface area (Å²) in [6.07, 6.45) is -0.582. The van der Waals surface area contributed by atoms with E-state index in [1.165, 1.54) is 32.9 Å². The largest absolute Gasteiger partial charge is 0.494 e. The van der Waals surface area contributed by atoms with E-state index < -0.39 is 68.7 Å². The van der Waals surface area contributed by atoms with Crippen LogP contribution < -0.4 is 16.0 Å². The molecule has 506 valence electrons. The summed E-state index contributed by atoms with van der Waals surface area (Å²) in [7, 11) is -4.71. The first-order valence-electron chi connectivity index (χ1n) is 31.7. The lowest BCUT2D eigenvalue weighted by atomic mass is 9.97. The molecule has 0 aliphatic carbocycles. The van der Waals surface area contributed by atoms with Crippen LogP contribution in [0.3, 0.4) is 0 Å². The molecule has 1 aromatic heterocycles. The van der Waals surface area contributed by atoms with Crippen LogP contribution in [0, 0.1) is 29.1 Å². The number of aliphatic imine (C=N–C) groups is 1. The Morgan fingerprint density at radius 3 is 1.66 bits per heavy atom. The van der Waals surface area contributed by atoms with Gasteiger partial charge < -0.3 is 69.6 Å². The molecule has 5 aromatic rings. The minimum atomic E-state index is -4.14. The molecular weight excluding hydrogens is 1240 g/mol. The van der Waals surface area contributed by atoms with E-state index in [0.29, 0.717) is 53.0 Å².